The summed E-state index contributed by atoms with van der Waals surface area (Å²) in [4.78, 5) is 0. The predicted octanol–water partition coefficient (Wildman–Crippen LogP) is -6.09. The minimum Gasteiger partial charge on any atom is -0.875 e. The summed E-state index contributed by atoms with van der Waals surface area (Å²) in [6.07, 6.45) is 3.21. The van der Waals surface area contributed by atoms with Crippen LogP contribution in [0.4, 0.5) is 0 Å². The van der Waals surface area contributed by atoms with Gasteiger partial charge in [-0.05, 0) is 11.8 Å². The van der Waals surface area contributed by atoms with Gasteiger partial charge in [0.15, 0.2) is 0 Å². The Hall–Kier alpha value is 0.275. The van der Waals surface area contributed by atoms with Crippen LogP contribution in [0.3, 0.4) is 0 Å². The van der Waals surface area contributed by atoms with Gasteiger partial charge in [-0.1, -0.05) is 26.0 Å². The monoisotopic (exact) mass is 152 g/mol. The zero-order chi connectivity index (χ0) is 7.78. The van der Waals surface area contributed by atoms with E-state index in [1.165, 1.54) is 0 Å². The first-order valence-corrected chi connectivity index (χ1v) is 3.27. The number of rotatable bonds is 0. The van der Waals surface area contributed by atoms with Crippen molar-refractivity contribution in [2.75, 3.05) is 0 Å². The van der Waals surface area contributed by atoms with Gasteiger partial charge < -0.3 is 10.2 Å². The van der Waals surface area contributed by atoms with E-state index in [9.17, 15) is 10.2 Å². The third-order valence-electron chi connectivity index (χ3n) is 1.47. The fraction of sp³-hybridized carbons (Fsp3) is 0.500. The van der Waals surface area contributed by atoms with E-state index >= 15 is 0 Å². The second-order valence-electron chi connectivity index (χ2n) is 3.32. The molecule has 0 aromatic rings. The van der Waals surface area contributed by atoms with E-state index in [1.807, 2.05) is 13.8 Å². The standard InChI is InChI=1S/C8H12O2.2Li/c1-8(2)4-6(9)3-7(10)5-8;;/h3-4,9-10H,5H2,1-2H3;;/q;2*+1/p-2. The molecule has 0 radical (unpaired) electrons. The minimum absolute atomic E-state index is 0. The first kappa shape index (κ1) is 14.8. The molecule has 0 amide bonds. The Morgan fingerprint density at radius 1 is 1.25 bits per heavy atom. The van der Waals surface area contributed by atoms with E-state index in [1.54, 1.807) is 6.08 Å². The minimum atomic E-state index is -0.233. The van der Waals surface area contributed by atoms with Crippen molar-refractivity contribution in [2.45, 2.75) is 20.3 Å². The molecule has 0 aromatic heterocycles. The smallest absolute Gasteiger partial charge is 0.875 e. The fourth-order valence-corrected chi connectivity index (χ4v) is 1.14. The van der Waals surface area contributed by atoms with Crippen LogP contribution in [0.25, 0.3) is 0 Å². The first-order valence-electron chi connectivity index (χ1n) is 3.27. The Morgan fingerprint density at radius 2 is 1.75 bits per heavy atom. The predicted molar refractivity (Wildman–Crippen MR) is 34.6 cm³/mol. The van der Waals surface area contributed by atoms with Crippen LogP contribution in [-0.4, -0.2) is 0 Å². The molecule has 0 spiro atoms. The quantitative estimate of drug-likeness (QED) is 0.324. The van der Waals surface area contributed by atoms with Crippen LogP contribution in [0.2, 0.25) is 0 Å². The van der Waals surface area contributed by atoms with Crippen molar-refractivity contribution in [1.82, 2.24) is 0 Å². The molecule has 0 saturated carbocycles. The van der Waals surface area contributed by atoms with Gasteiger partial charge in [-0.15, -0.1) is 11.5 Å². The van der Waals surface area contributed by atoms with Crippen LogP contribution in [0.15, 0.2) is 23.7 Å². The van der Waals surface area contributed by atoms with Crippen LogP contribution in [0, 0.1) is 5.41 Å². The maximum atomic E-state index is 10.8. The number of allylic oxidation sites excluding steroid dienone is 3. The van der Waals surface area contributed by atoms with Crippen molar-refractivity contribution in [3.05, 3.63) is 23.7 Å². The average molecular weight is 152 g/mol. The molecule has 12 heavy (non-hydrogen) atoms. The molecule has 1 aliphatic rings. The second kappa shape index (κ2) is 5.10. The van der Waals surface area contributed by atoms with Crippen molar-refractivity contribution < 1.29 is 47.9 Å². The van der Waals surface area contributed by atoms with Gasteiger partial charge in [-0.25, -0.2) is 0 Å². The largest absolute Gasteiger partial charge is 1.00 e. The summed E-state index contributed by atoms with van der Waals surface area (Å²) in [5, 5.41) is 21.5. The van der Waals surface area contributed by atoms with Crippen molar-refractivity contribution in [2.24, 2.45) is 5.41 Å². The van der Waals surface area contributed by atoms with Crippen molar-refractivity contribution in [1.29, 1.82) is 0 Å². The van der Waals surface area contributed by atoms with Crippen molar-refractivity contribution >= 4 is 0 Å². The Bertz CT molecular complexity index is 207. The first-order chi connectivity index (χ1) is 4.49. The molecular formula is C8H10Li2O2. The van der Waals surface area contributed by atoms with Gasteiger partial charge in [0, 0.05) is 0 Å². The second-order valence-corrected chi connectivity index (χ2v) is 3.32. The van der Waals surface area contributed by atoms with Crippen LogP contribution >= 0.6 is 0 Å². The van der Waals surface area contributed by atoms with E-state index in [0.717, 1.165) is 6.08 Å². The van der Waals surface area contributed by atoms with Crippen molar-refractivity contribution in [3.8, 4) is 0 Å². The molecule has 0 atom stereocenters. The zero-order valence-corrected chi connectivity index (χ0v) is 8.18. The SMILES string of the molecule is CC1(C)C=C([O-])C=C([O-])C1.[Li+].[Li+]. The molecule has 0 heterocycles. The van der Waals surface area contributed by atoms with E-state index in [0.29, 0.717) is 6.42 Å². The van der Waals surface area contributed by atoms with Gasteiger partial charge in [0.2, 0.25) is 0 Å². The summed E-state index contributed by atoms with van der Waals surface area (Å²) < 4.78 is 0. The Morgan fingerprint density at radius 3 is 2.08 bits per heavy atom. The molecule has 0 bridgehead atoms. The van der Waals surface area contributed by atoms with E-state index in [4.69, 9.17) is 0 Å². The van der Waals surface area contributed by atoms with Gasteiger partial charge in [0.25, 0.3) is 0 Å². The van der Waals surface area contributed by atoms with E-state index in [-0.39, 0.29) is 54.7 Å². The molecule has 2 nitrogen and oxygen atoms in total. The third kappa shape index (κ3) is 4.34. The molecule has 0 unspecified atom stereocenters. The van der Waals surface area contributed by atoms with Crippen LogP contribution in [-0.2, 0) is 0 Å². The Kier molecular flexibility index (Phi) is 6.28. The van der Waals surface area contributed by atoms with E-state index in [2.05, 4.69) is 0 Å². The molecule has 1 rings (SSSR count). The van der Waals surface area contributed by atoms with Gasteiger partial charge >= 0.3 is 37.7 Å². The van der Waals surface area contributed by atoms with Gasteiger partial charge in [0.05, 0.1) is 0 Å². The summed E-state index contributed by atoms with van der Waals surface area (Å²) >= 11 is 0. The third-order valence-corrected chi connectivity index (χ3v) is 1.47. The molecule has 1 aliphatic carbocycles. The van der Waals surface area contributed by atoms with Gasteiger partial charge in [-0.2, -0.15) is 0 Å². The van der Waals surface area contributed by atoms with E-state index < -0.39 is 0 Å². The summed E-state index contributed by atoms with van der Waals surface area (Å²) in [5.41, 5.74) is -0.233. The normalized spacial score (nSPS) is 19.5. The van der Waals surface area contributed by atoms with Crippen LogP contribution in [0.1, 0.15) is 20.3 Å². The molecule has 0 fully saturated rings. The Balaban J connectivity index is 0. The van der Waals surface area contributed by atoms with Crippen LogP contribution in [0.5, 0.6) is 0 Å². The molecule has 4 heteroatoms. The summed E-state index contributed by atoms with van der Waals surface area (Å²) in [6.45, 7) is 3.77. The molecule has 0 N–H and O–H groups in total. The average Bonchev–Trinajstić information content (AvgIpc) is 1.54. The van der Waals surface area contributed by atoms with Crippen molar-refractivity contribution in [3.63, 3.8) is 0 Å². The Labute approximate surface area is 97.1 Å². The maximum Gasteiger partial charge on any atom is 1.00 e. The maximum absolute atomic E-state index is 10.8. The van der Waals surface area contributed by atoms with Crippen LogP contribution < -0.4 is 47.9 Å². The number of hydrogen-bond donors (Lipinski definition) is 0. The topological polar surface area (TPSA) is 46.1 Å². The molecular weight excluding hydrogens is 142 g/mol. The molecule has 0 aromatic carbocycles. The zero-order valence-electron chi connectivity index (χ0n) is 8.18. The summed E-state index contributed by atoms with van der Waals surface area (Å²) in [6, 6.07) is 0. The fourth-order valence-electron chi connectivity index (χ4n) is 1.14. The summed E-state index contributed by atoms with van der Waals surface area (Å²) in [5.74, 6) is -0.209. The molecule has 56 valence electrons. The molecule has 0 aliphatic heterocycles. The number of hydrogen-bond acceptors (Lipinski definition) is 2. The molecule has 0 saturated heterocycles. The van der Waals surface area contributed by atoms with Gasteiger partial charge in [0.1, 0.15) is 0 Å². The van der Waals surface area contributed by atoms with Gasteiger partial charge in [-0.3, -0.25) is 0 Å². The summed E-state index contributed by atoms with van der Waals surface area (Å²) in [7, 11) is 0.